The maximum atomic E-state index is 5.35. The Morgan fingerprint density at radius 2 is 1.33 bits per heavy atom. The summed E-state index contributed by atoms with van der Waals surface area (Å²) >= 11 is 10.7. The lowest BCUT2D eigenvalue weighted by atomic mass is 10.1. The number of thiocarbonyl (C=S) groups is 2. The Bertz CT molecular complexity index is 585. The average Bonchev–Trinajstić information content (AvgIpc) is 3.10. The standard InChI is InChI=1S/C20H40N8S2/c1-6-27(7-2)14-12-21-19(29)25-23-17-11-10-16(5)18(17)24-26-20(30)22-13-15-28(8-3)9-4/h16H,6-15H2,1-5H3,(H2,21,25,29)(H2,22,26,30)/b23-17+,24-18?/t16-/m0/s1. The van der Waals surface area contributed by atoms with E-state index in [1.54, 1.807) is 0 Å². The molecule has 8 nitrogen and oxygen atoms in total. The molecule has 0 aromatic heterocycles. The first-order valence-corrected chi connectivity index (χ1v) is 11.9. The van der Waals surface area contributed by atoms with E-state index in [0.29, 0.717) is 16.1 Å². The molecule has 1 saturated carbocycles. The van der Waals surface area contributed by atoms with Crippen LogP contribution in [0.5, 0.6) is 0 Å². The van der Waals surface area contributed by atoms with Crippen molar-refractivity contribution in [1.29, 1.82) is 0 Å². The summed E-state index contributed by atoms with van der Waals surface area (Å²) in [4.78, 5) is 4.69. The lowest BCUT2D eigenvalue weighted by Gasteiger charge is -2.18. The lowest BCUT2D eigenvalue weighted by Crippen LogP contribution is -2.39. The highest BCUT2D eigenvalue weighted by molar-refractivity contribution is 7.80. The van der Waals surface area contributed by atoms with E-state index in [9.17, 15) is 0 Å². The minimum atomic E-state index is 0.334. The summed E-state index contributed by atoms with van der Waals surface area (Å²) in [7, 11) is 0. The minimum Gasteiger partial charge on any atom is -0.360 e. The fourth-order valence-corrected chi connectivity index (χ4v) is 3.53. The third-order valence-corrected chi connectivity index (χ3v) is 5.83. The Morgan fingerprint density at radius 3 is 1.80 bits per heavy atom. The van der Waals surface area contributed by atoms with Crippen molar-refractivity contribution >= 4 is 46.1 Å². The van der Waals surface area contributed by atoms with Crippen molar-refractivity contribution < 1.29 is 0 Å². The zero-order chi connectivity index (χ0) is 22.4. The van der Waals surface area contributed by atoms with Crippen LogP contribution in [0.25, 0.3) is 0 Å². The molecule has 0 heterocycles. The number of nitrogens with one attached hydrogen (secondary N) is 4. The normalized spacial score (nSPS) is 19.0. The third-order valence-electron chi connectivity index (χ3n) is 5.36. The van der Waals surface area contributed by atoms with Crippen LogP contribution in [0, 0.1) is 5.92 Å². The molecule has 0 aliphatic heterocycles. The molecule has 0 amide bonds. The van der Waals surface area contributed by atoms with Crippen LogP contribution in [0.4, 0.5) is 0 Å². The molecule has 1 aliphatic carbocycles. The summed E-state index contributed by atoms with van der Waals surface area (Å²) < 4.78 is 0. The van der Waals surface area contributed by atoms with Gasteiger partial charge in [-0.2, -0.15) is 10.2 Å². The van der Waals surface area contributed by atoms with Crippen molar-refractivity contribution in [3.05, 3.63) is 0 Å². The second kappa shape index (κ2) is 15.4. The Hall–Kier alpha value is -1.36. The summed E-state index contributed by atoms with van der Waals surface area (Å²) in [5.74, 6) is 0.334. The maximum absolute atomic E-state index is 5.35. The van der Waals surface area contributed by atoms with Crippen LogP contribution in [0.2, 0.25) is 0 Å². The summed E-state index contributed by atoms with van der Waals surface area (Å²) in [5.41, 5.74) is 7.79. The monoisotopic (exact) mass is 456 g/mol. The molecule has 0 bridgehead atoms. The zero-order valence-corrected chi connectivity index (χ0v) is 20.9. The van der Waals surface area contributed by atoms with Gasteiger partial charge in [-0.3, -0.25) is 10.9 Å². The fraction of sp³-hybridized carbons (Fsp3) is 0.800. The molecule has 0 aromatic rings. The highest BCUT2D eigenvalue weighted by Crippen LogP contribution is 2.19. The first-order chi connectivity index (χ1) is 14.4. The van der Waals surface area contributed by atoms with E-state index < -0.39 is 0 Å². The van der Waals surface area contributed by atoms with Crippen LogP contribution >= 0.6 is 24.4 Å². The average molecular weight is 457 g/mol. The second-order valence-corrected chi connectivity index (χ2v) is 8.10. The van der Waals surface area contributed by atoms with Crippen LogP contribution in [-0.4, -0.2) is 83.8 Å². The molecule has 1 fully saturated rings. The van der Waals surface area contributed by atoms with Gasteiger partial charge in [0.25, 0.3) is 0 Å². The summed E-state index contributed by atoms with van der Waals surface area (Å²) in [6, 6.07) is 0. The van der Waals surface area contributed by atoms with E-state index in [1.165, 1.54) is 0 Å². The van der Waals surface area contributed by atoms with Gasteiger partial charge in [-0.25, -0.2) is 0 Å². The summed E-state index contributed by atoms with van der Waals surface area (Å²) in [5, 5.41) is 16.5. The molecule has 4 N–H and O–H groups in total. The van der Waals surface area contributed by atoms with Gasteiger partial charge in [0.1, 0.15) is 0 Å². The molecule has 10 heteroatoms. The highest BCUT2D eigenvalue weighted by Gasteiger charge is 2.25. The maximum Gasteiger partial charge on any atom is 0.187 e. The fourth-order valence-electron chi connectivity index (χ4n) is 3.23. The molecule has 0 saturated heterocycles. The van der Waals surface area contributed by atoms with Gasteiger partial charge >= 0.3 is 0 Å². The van der Waals surface area contributed by atoms with Crippen molar-refractivity contribution in [2.75, 3.05) is 52.4 Å². The van der Waals surface area contributed by atoms with Crippen LogP contribution in [0.15, 0.2) is 10.2 Å². The van der Waals surface area contributed by atoms with Crippen molar-refractivity contribution in [1.82, 2.24) is 31.3 Å². The Morgan fingerprint density at radius 1 is 0.867 bits per heavy atom. The number of likely N-dealkylation sites (N-methyl/N-ethyl adjacent to an activating group) is 2. The number of hydrazone groups is 2. The minimum absolute atomic E-state index is 0.334. The SMILES string of the molecule is CCN(CC)CCNC(=S)NN=C1/C(=N/NC(=S)NCCN(CC)CC)CC[C@@H]1C. The number of hydrogen-bond donors (Lipinski definition) is 4. The molecule has 1 rings (SSSR count). The molecule has 30 heavy (non-hydrogen) atoms. The van der Waals surface area contributed by atoms with Crippen LogP contribution in [0.3, 0.4) is 0 Å². The van der Waals surface area contributed by atoms with Gasteiger partial charge < -0.3 is 20.4 Å². The molecule has 172 valence electrons. The molecular formula is C20H40N8S2. The Kier molecular flexibility index (Phi) is 13.7. The molecule has 1 aliphatic rings. The topological polar surface area (TPSA) is 79.3 Å². The molecule has 0 radical (unpaired) electrons. The molecule has 0 unspecified atom stereocenters. The third kappa shape index (κ3) is 10.1. The van der Waals surface area contributed by atoms with Gasteiger partial charge in [-0.05, 0) is 63.5 Å². The van der Waals surface area contributed by atoms with E-state index in [-0.39, 0.29) is 0 Å². The van der Waals surface area contributed by atoms with Gasteiger partial charge in [0.15, 0.2) is 10.2 Å². The van der Waals surface area contributed by atoms with E-state index in [0.717, 1.165) is 76.6 Å². The predicted molar refractivity (Wildman–Crippen MR) is 136 cm³/mol. The first-order valence-electron chi connectivity index (χ1n) is 11.1. The Balaban J connectivity index is 2.46. The van der Waals surface area contributed by atoms with Crippen LogP contribution < -0.4 is 21.5 Å². The van der Waals surface area contributed by atoms with Gasteiger partial charge in [0, 0.05) is 32.1 Å². The van der Waals surface area contributed by atoms with Crippen molar-refractivity contribution in [3.63, 3.8) is 0 Å². The smallest absolute Gasteiger partial charge is 0.187 e. The number of hydrogen-bond acceptors (Lipinski definition) is 6. The van der Waals surface area contributed by atoms with E-state index in [2.05, 4.69) is 76.1 Å². The van der Waals surface area contributed by atoms with Gasteiger partial charge in [-0.1, -0.05) is 34.6 Å². The zero-order valence-electron chi connectivity index (χ0n) is 19.3. The van der Waals surface area contributed by atoms with Gasteiger partial charge in [0.05, 0.1) is 11.4 Å². The molecule has 0 aromatic carbocycles. The van der Waals surface area contributed by atoms with Crippen LogP contribution in [-0.2, 0) is 0 Å². The predicted octanol–water partition coefficient (Wildman–Crippen LogP) is 1.74. The summed E-state index contributed by atoms with van der Waals surface area (Å²) in [6.45, 7) is 18.5. The first kappa shape index (κ1) is 26.7. The highest BCUT2D eigenvalue weighted by atomic mass is 32.1. The van der Waals surface area contributed by atoms with Crippen molar-refractivity contribution in [3.8, 4) is 0 Å². The summed E-state index contributed by atoms with van der Waals surface area (Å²) in [6.07, 6.45) is 1.89. The van der Waals surface area contributed by atoms with E-state index in [1.807, 2.05) is 0 Å². The van der Waals surface area contributed by atoms with E-state index >= 15 is 0 Å². The molecular weight excluding hydrogens is 416 g/mol. The van der Waals surface area contributed by atoms with E-state index in [4.69, 9.17) is 24.4 Å². The molecule has 1 atom stereocenters. The molecule has 0 spiro atoms. The number of nitrogens with zero attached hydrogens (tertiary/aromatic N) is 4. The van der Waals surface area contributed by atoms with Gasteiger partial charge in [-0.15, -0.1) is 0 Å². The Labute approximate surface area is 193 Å². The van der Waals surface area contributed by atoms with Crippen molar-refractivity contribution in [2.45, 2.75) is 47.5 Å². The number of rotatable bonds is 12. The van der Waals surface area contributed by atoms with Crippen LogP contribution in [0.1, 0.15) is 47.5 Å². The lowest BCUT2D eigenvalue weighted by molar-refractivity contribution is 0.308. The van der Waals surface area contributed by atoms with Gasteiger partial charge in [0.2, 0.25) is 0 Å². The largest absolute Gasteiger partial charge is 0.360 e. The quantitative estimate of drug-likeness (QED) is 0.261. The second-order valence-electron chi connectivity index (χ2n) is 7.28. The van der Waals surface area contributed by atoms with Crippen molar-refractivity contribution in [2.24, 2.45) is 16.1 Å².